The third-order valence-electron chi connectivity index (χ3n) is 5.24. The zero-order chi connectivity index (χ0) is 20.9. The van der Waals surface area contributed by atoms with Crippen molar-refractivity contribution in [2.75, 3.05) is 6.54 Å². The number of pyridine rings is 1. The molecule has 7 heteroatoms. The lowest BCUT2D eigenvalue weighted by atomic mass is 10.00. The van der Waals surface area contributed by atoms with Crippen LogP contribution in [0.4, 0.5) is 0 Å². The third-order valence-corrected chi connectivity index (χ3v) is 6.27. The zero-order valence-electron chi connectivity index (χ0n) is 16.8. The Balaban J connectivity index is 1.54. The van der Waals surface area contributed by atoms with Crippen LogP contribution in [0.2, 0.25) is 0 Å². The number of amides is 2. The quantitative estimate of drug-likeness (QED) is 0.650. The molecule has 6 nitrogen and oxygen atoms in total. The van der Waals surface area contributed by atoms with E-state index in [-0.39, 0.29) is 17.9 Å². The molecule has 2 atom stereocenters. The Bertz CT molecular complexity index is 1010. The van der Waals surface area contributed by atoms with Gasteiger partial charge in [0.1, 0.15) is 11.0 Å². The van der Waals surface area contributed by atoms with E-state index >= 15 is 0 Å². The summed E-state index contributed by atoms with van der Waals surface area (Å²) in [5, 5.41) is 5.87. The summed E-state index contributed by atoms with van der Waals surface area (Å²) in [5.74, 6) is -0.145. The maximum Gasteiger partial charge on any atom is 0.248 e. The van der Waals surface area contributed by atoms with E-state index in [0.717, 1.165) is 34.7 Å². The van der Waals surface area contributed by atoms with Gasteiger partial charge in [0.15, 0.2) is 0 Å². The van der Waals surface area contributed by atoms with Crippen LogP contribution in [0.25, 0.3) is 11.3 Å². The van der Waals surface area contributed by atoms with Crippen LogP contribution in [0.3, 0.4) is 0 Å². The highest BCUT2D eigenvalue weighted by molar-refractivity contribution is 7.10. The van der Waals surface area contributed by atoms with Gasteiger partial charge in [0.05, 0.1) is 11.7 Å². The third kappa shape index (κ3) is 4.41. The van der Waals surface area contributed by atoms with Crippen molar-refractivity contribution >= 4 is 23.2 Å². The molecule has 4 rings (SSSR count). The van der Waals surface area contributed by atoms with E-state index in [0.29, 0.717) is 13.0 Å². The molecule has 2 unspecified atom stereocenters. The van der Waals surface area contributed by atoms with Crippen molar-refractivity contribution in [1.29, 1.82) is 0 Å². The number of nitrogens with zero attached hydrogens (tertiary/aromatic N) is 3. The van der Waals surface area contributed by atoms with Crippen LogP contribution >= 0.6 is 11.3 Å². The number of benzene rings is 1. The van der Waals surface area contributed by atoms with Gasteiger partial charge in [0.2, 0.25) is 11.8 Å². The molecule has 1 aliphatic heterocycles. The summed E-state index contributed by atoms with van der Waals surface area (Å²) in [6, 6.07) is 12.5. The van der Waals surface area contributed by atoms with Crippen molar-refractivity contribution in [2.45, 2.75) is 38.3 Å². The number of thiazole rings is 1. The second-order valence-corrected chi connectivity index (χ2v) is 8.29. The highest BCUT2D eigenvalue weighted by atomic mass is 32.1. The summed E-state index contributed by atoms with van der Waals surface area (Å²) in [6.45, 7) is 2.52. The molecule has 3 aromatic rings. The molecule has 0 spiro atoms. The summed E-state index contributed by atoms with van der Waals surface area (Å²) in [6.07, 6.45) is 5.79. The lowest BCUT2D eigenvalue weighted by Gasteiger charge is -2.34. The molecule has 1 aliphatic rings. The first-order valence-electron chi connectivity index (χ1n) is 10.1. The number of piperidine rings is 1. The van der Waals surface area contributed by atoms with Crippen LogP contribution in [0.1, 0.15) is 48.8 Å². The summed E-state index contributed by atoms with van der Waals surface area (Å²) < 4.78 is 0. The van der Waals surface area contributed by atoms with Crippen molar-refractivity contribution < 1.29 is 9.59 Å². The van der Waals surface area contributed by atoms with E-state index < -0.39 is 6.04 Å². The molecular weight excluding hydrogens is 396 g/mol. The fraction of sp³-hybridized carbons (Fsp3) is 0.304. The van der Waals surface area contributed by atoms with E-state index in [1.165, 1.54) is 11.3 Å². The lowest BCUT2D eigenvalue weighted by molar-refractivity contribution is -0.143. The SMILES string of the molecule is CC(NC(=O)C(c1ccccc1)N1CCCCC1=O)c1nc(-c2cccnc2)cs1. The summed E-state index contributed by atoms with van der Waals surface area (Å²) in [4.78, 5) is 36.4. The van der Waals surface area contributed by atoms with E-state index in [9.17, 15) is 9.59 Å². The fourth-order valence-electron chi connectivity index (χ4n) is 3.70. The lowest BCUT2D eigenvalue weighted by Crippen LogP contribution is -2.46. The maximum absolute atomic E-state index is 13.3. The van der Waals surface area contributed by atoms with Gasteiger partial charge < -0.3 is 10.2 Å². The van der Waals surface area contributed by atoms with Crippen LogP contribution in [-0.4, -0.2) is 33.2 Å². The molecule has 0 bridgehead atoms. The topological polar surface area (TPSA) is 75.2 Å². The highest BCUT2D eigenvalue weighted by Gasteiger charge is 2.33. The molecular formula is C23H24N4O2S. The monoisotopic (exact) mass is 420 g/mol. The van der Waals surface area contributed by atoms with Crippen LogP contribution in [-0.2, 0) is 9.59 Å². The smallest absolute Gasteiger partial charge is 0.248 e. The molecule has 30 heavy (non-hydrogen) atoms. The van der Waals surface area contributed by atoms with Crippen molar-refractivity contribution in [1.82, 2.24) is 20.2 Å². The number of nitrogens with one attached hydrogen (secondary N) is 1. The van der Waals surface area contributed by atoms with Gasteiger partial charge in [-0.1, -0.05) is 30.3 Å². The Kier molecular flexibility index (Phi) is 6.18. The van der Waals surface area contributed by atoms with Gasteiger partial charge in [0.25, 0.3) is 0 Å². The molecule has 1 aromatic carbocycles. The van der Waals surface area contributed by atoms with Gasteiger partial charge in [-0.25, -0.2) is 4.98 Å². The van der Waals surface area contributed by atoms with Gasteiger partial charge in [-0.15, -0.1) is 11.3 Å². The van der Waals surface area contributed by atoms with Crippen LogP contribution < -0.4 is 5.32 Å². The first-order chi connectivity index (χ1) is 14.6. The molecule has 1 fully saturated rings. The Morgan fingerprint density at radius 2 is 2.00 bits per heavy atom. The minimum absolute atomic E-state index is 0.0334. The fourth-order valence-corrected chi connectivity index (χ4v) is 4.53. The number of hydrogen-bond donors (Lipinski definition) is 1. The standard InChI is InChI=1S/C23H24N4O2S/c1-16(23-26-19(15-30-23)18-10-7-12-24-14-18)25-22(29)21(17-8-3-2-4-9-17)27-13-6-5-11-20(27)28/h2-4,7-10,12,14-16,21H,5-6,11,13H2,1H3,(H,25,29). The predicted octanol–water partition coefficient (Wildman–Crippen LogP) is 4.14. The molecule has 2 aromatic heterocycles. The molecule has 0 radical (unpaired) electrons. The predicted molar refractivity (Wildman–Crippen MR) is 117 cm³/mol. The molecule has 3 heterocycles. The van der Waals surface area contributed by atoms with Gasteiger partial charge in [-0.3, -0.25) is 14.6 Å². The van der Waals surface area contributed by atoms with Crippen LogP contribution in [0, 0.1) is 0 Å². The first kappa shape index (κ1) is 20.2. The minimum atomic E-state index is -0.626. The number of carbonyl (C=O) groups excluding carboxylic acids is 2. The number of hydrogen-bond acceptors (Lipinski definition) is 5. The molecule has 154 valence electrons. The molecule has 0 aliphatic carbocycles. The summed E-state index contributed by atoms with van der Waals surface area (Å²) >= 11 is 1.50. The van der Waals surface area contributed by atoms with Gasteiger partial charge in [-0.05, 0) is 37.5 Å². The number of carbonyl (C=O) groups is 2. The highest BCUT2D eigenvalue weighted by Crippen LogP contribution is 2.28. The Labute approximate surface area is 180 Å². The van der Waals surface area contributed by atoms with E-state index in [4.69, 9.17) is 0 Å². The normalized spacial score (nSPS) is 16.2. The minimum Gasteiger partial charge on any atom is -0.345 e. The summed E-state index contributed by atoms with van der Waals surface area (Å²) in [7, 11) is 0. The Morgan fingerprint density at radius 3 is 2.73 bits per heavy atom. The average Bonchev–Trinajstić information content (AvgIpc) is 3.27. The largest absolute Gasteiger partial charge is 0.345 e. The number of likely N-dealkylation sites (tertiary alicyclic amines) is 1. The number of aromatic nitrogens is 2. The van der Waals surface area contributed by atoms with Gasteiger partial charge in [0, 0.05) is 36.3 Å². The van der Waals surface area contributed by atoms with Gasteiger partial charge >= 0.3 is 0 Å². The van der Waals surface area contributed by atoms with Gasteiger partial charge in [-0.2, -0.15) is 0 Å². The van der Waals surface area contributed by atoms with Crippen molar-refractivity contribution in [2.24, 2.45) is 0 Å². The zero-order valence-corrected chi connectivity index (χ0v) is 17.6. The van der Waals surface area contributed by atoms with E-state index in [2.05, 4.69) is 15.3 Å². The van der Waals surface area contributed by atoms with E-state index in [1.807, 2.05) is 54.8 Å². The second-order valence-electron chi connectivity index (χ2n) is 7.40. The first-order valence-corrected chi connectivity index (χ1v) is 11.0. The summed E-state index contributed by atoms with van der Waals surface area (Å²) in [5.41, 5.74) is 2.61. The Morgan fingerprint density at radius 1 is 1.17 bits per heavy atom. The molecule has 1 N–H and O–H groups in total. The van der Waals surface area contributed by atoms with Crippen LogP contribution in [0.15, 0.2) is 60.2 Å². The van der Waals surface area contributed by atoms with Crippen molar-refractivity contribution in [3.63, 3.8) is 0 Å². The maximum atomic E-state index is 13.3. The van der Waals surface area contributed by atoms with Crippen molar-refractivity contribution in [3.8, 4) is 11.3 Å². The Hall–Kier alpha value is -3.06. The average molecular weight is 421 g/mol. The second kappa shape index (κ2) is 9.17. The van der Waals surface area contributed by atoms with Crippen molar-refractivity contribution in [3.05, 3.63) is 70.8 Å². The van der Waals surface area contributed by atoms with Crippen LogP contribution in [0.5, 0.6) is 0 Å². The molecule has 0 saturated carbocycles. The number of rotatable bonds is 6. The molecule has 2 amide bonds. The van der Waals surface area contributed by atoms with E-state index in [1.54, 1.807) is 17.3 Å². The molecule has 1 saturated heterocycles.